The predicted octanol–water partition coefficient (Wildman–Crippen LogP) is 4.35. The molecule has 0 unspecified atom stereocenters. The summed E-state index contributed by atoms with van der Waals surface area (Å²) >= 11 is 10.8. The average molecular weight is 203 g/mol. The Morgan fingerprint density at radius 2 is 1.64 bits per heavy atom. The van der Waals surface area contributed by atoms with Crippen LogP contribution in [0.3, 0.4) is 0 Å². The van der Waals surface area contributed by atoms with Gasteiger partial charge in [-0.05, 0) is 12.8 Å². The molecule has 0 saturated carbocycles. The van der Waals surface area contributed by atoms with Crippen molar-refractivity contribution in [3.8, 4) is 0 Å². The molecule has 0 radical (unpaired) electrons. The molecular formula is C8H17Cl2F. The van der Waals surface area contributed by atoms with E-state index in [1.807, 2.05) is 0 Å². The fourth-order valence-electron chi connectivity index (χ4n) is 0.358. The minimum Gasteiger partial charge on any atom is -0.251 e. The molecule has 0 fully saturated rings. The highest BCUT2D eigenvalue weighted by Crippen LogP contribution is 2.10. The van der Waals surface area contributed by atoms with Gasteiger partial charge in [0.05, 0.1) is 6.67 Å². The standard InChI is InChI=1S/C5H10Cl2.C3H7F/c1-2-3-4-5(6)7;1-2-3-4/h5H,2-4H2,1H3;2-3H2,1H3. The van der Waals surface area contributed by atoms with Crippen LogP contribution < -0.4 is 0 Å². The topological polar surface area (TPSA) is 0 Å². The molecule has 11 heavy (non-hydrogen) atoms. The second kappa shape index (κ2) is 13.1. The van der Waals surface area contributed by atoms with E-state index >= 15 is 0 Å². The van der Waals surface area contributed by atoms with Crippen molar-refractivity contribution < 1.29 is 4.39 Å². The minimum absolute atomic E-state index is 0.153. The van der Waals surface area contributed by atoms with Gasteiger partial charge >= 0.3 is 0 Å². The molecule has 0 aromatic carbocycles. The monoisotopic (exact) mass is 202 g/mol. The van der Waals surface area contributed by atoms with E-state index in [-0.39, 0.29) is 11.5 Å². The van der Waals surface area contributed by atoms with Crippen LogP contribution in [0, 0.1) is 0 Å². The summed E-state index contributed by atoms with van der Waals surface area (Å²) in [5.74, 6) is 0. The van der Waals surface area contributed by atoms with Crippen LogP contribution >= 0.6 is 23.2 Å². The first kappa shape index (κ1) is 14.1. The fourth-order valence-corrected chi connectivity index (χ4v) is 0.667. The van der Waals surface area contributed by atoms with Gasteiger partial charge in [-0.3, -0.25) is 4.39 Å². The number of hydrogen-bond acceptors (Lipinski definition) is 0. The van der Waals surface area contributed by atoms with Gasteiger partial charge in [0.15, 0.2) is 0 Å². The summed E-state index contributed by atoms with van der Waals surface area (Å²) in [4.78, 5) is -0.153. The SMILES string of the molecule is CCCCC(Cl)Cl.CCCF. The summed E-state index contributed by atoms with van der Waals surface area (Å²) in [5, 5.41) is 0. The highest BCUT2D eigenvalue weighted by Gasteiger charge is 1.93. The lowest BCUT2D eigenvalue weighted by Gasteiger charge is -1.94. The van der Waals surface area contributed by atoms with Gasteiger partial charge in [0.1, 0.15) is 4.84 Å². The zero-order valence-corrected chi connectivity index (χ0v) is 8.76. The predicted molar refractivity (Wildman–Crippen MR) is 51.3 cm³/mol. The van der Waals surface area contributed by atoms with Crippen molar-refractivity contribution in [2.75, 3.05) is 6.67 Å². The maximum atomic E-state index is 10.7. The molecule has 0 aromatic heterocycles. The number of unbranched alkanes of at least 4 members (excludes halogenated alkanes) is 1. The number of hydrogen-bond donors (Lipinski definition) is 0. The Morgan fingerprint density at radius 3 is 1.73 bits per heavy atom. The number of alkyl halides is 3. The Balaban J connectivity index is 0. The third-order valence-corrected chi connectivity index (χ3v) is 1.40. The average Bonchev–Trinajstić information content (AvgIpc) is 2.01. The molecule has 0 saturated heterocycles. The van der Waals surface area contributed by atoms with Crippen molar-refractivity contribution in [2.24, 2.45) is 0 Å². The highest BCUT2D eigenvalue weighted by molar-refractivity contribution is 6.44. The zero-order valence-electron chi connectivity index (χ0n) is 7.25. The van der Waals surface area contributed by atoms with Crippen molar-refractivity contribution in [2.45, 2.75) is 44.4 Å². The molecule has 0 aliphatic heterocycles. The van der Waals surface area contributed by atoms with E-state index in [1.165, 1.54) is 6.42 Å². The Hall–Kier alpha value is 0.510. The van der Waals surface area contributed by atoms with Gasteiger partial charge in [0.25, 0.3) is 0 Å². The van der Waals surface area contributed by atoms with Gasteiger partial charge in [-0.2, -0.15) is 0 Å². The van der Waals surface area contributed by atoms with E-state index in [9.17, 15) is 4.39 Å². The normalized spacial score (nSPS) is 9.27. The molecule has 0 rings (SSSR count). The van der Waals surface area contributed by atoms with Crippen molar-refractivity contribution in [1.82, 2.24) is 0 Å². The van der Waals surface area contributed by atoms with Crippen molar-refractivity contribution in [3.63, 3.8) is 0 Å². The first-order valence-electron chi connectivity index (χ1n) is 4.03. The van der Waals surface area contributed by atoms with Gasteiger partial charge in [-0.25, -0.2) is 0 Å². The van der Waals surface area contributed by atoms with E-state index in [1.54, 1.807) is 6.92 Å². The Kier molecular flexibility index (Phi) is 16.8. The van der Waals surface area contributed by atoms with E-state index in [4.69, 9.17) is 23.2 Å². The van der Waals surface area contributed by atoms with Crippen molar-refractivity contribution >= 4 is 23.2 Å². The number of rotatable bonds is 4. The molecule has 0 nitrogen and oxygen atoms in total. The van der Waals surface area contributed by atoms with Crippen molar-refractivity contribution in [1.29, 1.82) is 0 Å². The minimum atomic E-state index is -0.181. The van der Waals surface area contributed by atoms with E-state index in [2.05, 4.69) is 6.92 Å². The largest absolute Gasteiger partial charge is 0.251 e. The van der Waals surface area contributed by atoms with Crippen LogP contribution in [0.5, 0.6) is 0 Å². The lowest BCUT2D eigenvalue weighted by Crippen LogP contribution is -1.83. The summed E-state index contributed by atoms with van der Waals surface area (Å²) < 4.78 is 10.7. The maximum Gasteiger partial charge on any atom is 0.107 e. The van der Waals surface area contributed by atoms with Crippen LogP contribution in [-0.2, 0) is 0 Å². The summed E-state index contributed by atoms with van der Waals surface area (Å²) in [6, 6.07) is 0. The van der Waals surface area contributed by atoms with Crippen LogP contribution in [0.4, 0.5) is 4.39 Å². The molecule has 0 N–H and O–H groups in total. The smallest absolute Gasteiger partial charge is 0.107 e. The van der Waals surface area contributed by atoms with Crippen LogP contribution in [0.2, 0.25) is 0 Å². The van der Waals surface area contributed by atoms with Gasteiger partial charge in [-0.1, -0.05) is 26.7 Å². The van der Waals surface area contributed by atoms with Gasteiger partial charge in [0.2, 0.25) is 0 Å². The molecule has 3 heteroatoms. The van der Waals surface area contributed by atoms with Gasteiger partial charge in [-0.15, -0.1) is 23.2 Å². The second-order valence-corrected chi connectivity index (χ2v) is 3.50. The summed E-state index contributed by atoms with van der Waals surface area (Å²) in [5.41, 5.74) is 0. The maximum absolute atomic E-state index is 10.7. The molecule has 0 bridgehead atoms. The molecule has 0 aliphatic rings. The first-order chi connectivity index (χ1) is 5.18. The molecule has 70 valence electrons. The van der Waals surface area contributed by atoms with Crippen LogP contribution in [0.15, 0.2) is 0 Å². The fraction of sp³-hybridized carbons (Fsp3) is 1.00. The lowest BCUT2D eigenvalue weighted by molar-refractivity contribution is 0.487. The van der Waals surface area contributed by atoms with Crippen LogP contribution in [-0.4, -0.2) is 11.5 Å². The number of halogens is 3. The Bertz CT molecular complexity index is 56.1. The van der Waals surface area contributed by atoms with E-state index < -0.39 is 0 Å². The molecule has 0 spiro atoms. The van der Waals surface area contributed by atoms with E-state index in [0.29, 0.717) is 6.42 Å². The molecule has 0 atom stereocenters. The zero-order chi connectivity index (χ0) is 9.11. The Labute approximate surface area is 79.1 Å². The third kappa shape index (κ3) is 25.1. The summed E-state index contributed by atoms with van der Waals surface area (Å²) in [6.45, 7) is 3.75. The second-order valence-electron chi connectivity index (χ2n) is 2.22. The first-order valence-corrected chi connectivity index (χ1v) is 4.90. The van der Waals surface area contributed by atoms with E-state index in [0.717, 1.165) is 12.8 Å². The molecule has 0 amide bonds. The van der Waals surface area contributed by atoms with Crippen LogP contribution in [0.25, 0.3) is 0 Å². The third-order valence-electron chi connectivity index (χ3n) is 0.965. The van der Waals surface area contributed by atoms with Crippen molar-refractivity contribution in [3.05, 3.63) is 0 Å². The Morgan fingerprint density at radius 1 is 1.18 bits per heavy atom. The highest BCUT2D eigenvalue weighted by atomic mass is 35.5. The van der Waals surface area contributed by atoms with Crippen LogP contribution in [0.1, 0.15) is 39.5 Å². The lowest BCUT2D eigenvalue weighted by atomic mass is 10.3. The quantitative estimate of drug-likeness (QED) is 0.596. The molecule has 0 aromatic rings. The molecule has 0 aliphatic carbocycles. The molecule has 0 heterocycles. The summed E-state index contributed by atoms with van der Waals surface area (Å²) in [6.07, 6.45) is 3.90. The van der Waals surface area contributed by atoms with Gasteiger partial charge < -0.3 is 0 Å². The molecular weight excluding hydrogens is 186 g/mol. The summed E-state index contributed by atoms with van der Waals surface area (Å²) in [7, 11) is 0. The van der Waals surface area contributed by atoms with Gasteiger partial charge in [0, 0.05) is 0 Å².